The lowest BCUT2D eigenvalue weighted by molar-refractivity contribution is -0.157. The van der Waals surface area contributed by atoms with Gasteiger partial charge in [0.1, 0.15) is 11.6 Å². The molecule has 0 bridgehead atoms. The van der Waals surface area contributed by atoms with E-state index in [1.165, 1.54) is 6.92 Å². The van der Waals surface area contributed by atoms with Gasteiger partial charge in [0.05, 0.1) is 0 Å². The number of nitrogens with one attached hydrogen (secondary N) is 1. The van der Waals surface area contributed by atoms with E-state index in [1.807, 2.05) is 0 Å². The highest BCUT2D eigenvalue weighted by molar-refractivity contribution is 5.68. The van der Waals surface area contributed by atoms with E-state index < -0.39 is 29.8 Å². The molecular weight excluding hydrogens is 267 g/mol. The molecule has 0 spiro atoms. The van der Waals surface area contributed by atoms with Gasteiger partial charge in [-0.2, -0.15) is 13.2 Å². The van der Waals surface area contributed by atoms with Gasteiger partial charge in [-0.05, 0) is 27.7 Å². The molecule has 0 aliphatic rings. The summed E-state index contributed by atoms with van der Waals surface area (Å²) in [6.45, 7) is 6.38. The molecule has 0 aromatic carbocycles. The molecule has 1 aromatic heterocycles. The molecule has 1 heterocycles. The zero-order chi connectivity index (χ0) is 14.8. The lowest BCUT2D eigenvalue weighted by Crippen LogP contribution is -2.34. The van der Waals surface area contributed by atoms with E-state index in [0.717, 1.165) is 0 Å². The Bertz CT molecular complexity index is 451. The number of nitrogens with zero attached hydrogens (tertiary/aromatic N) is 2. The molecule has 1 N–H and O–H groups in total. The van der Waals surface area contributed by atoms with Crippen LogP contribution in [0.4, 0.5) is 18.0 Å². The topological polar surface area (TPSA) is 77.2 Å². The Hall–Kier alpha value is -1.80. The van der Waals surface area contributed by atoms with Crippen molar-refractivity contribution in [2.75, 3.05) is 0 Å². The highest BCUT2D eigenvalue weighted by Gasteiger charge is 2.38. The van der Waals surface area contributed by atoms with Crippen molar-refractivity contribution in [2.45, 2.75) is 45.5 Å². The molecule has 108 valence electrons. The first-order chi connectivity index (χ1) is 8.49. The molecule has 9 heteroatoms. The minimum Gasteiger partial charge on any atom is -0.444 e. The van der Waals surface area contributed by atoms with Crippen LogP contribution in [-0.4, -0.2) is 21.9 Å². The third-order valence-corrected chi connectivity index (χ3v) is 1.79. The van der Waals surface area contributed by atoms with Crippen LogP contribution in [0.5, 0.6) is 0 Å². The maximum atomic E-state index is 12.2. The van der Waals surface area contributed by atoms with Gasteiger partial charge >= 0.3 is 18.2 Å². The molecule has 0 aliphatic heterocycles. The highest BCUT2D eigenvalue weighted by Crippen LogP contribution is 2.28. The third-order valence-electron chi connectivity index (χ3n) is 1.79. The van der Waals surface area contributed by atoms with Crippen LogP contribution in [0.3, 0.4) is 0 Å². The summed E-state index contributed by atoms with van der Waals surface area (Å²) in [6.07, 6.45) is -5.50. The van der Waals surface area contributed by atoms with Gasteiger partial charge in [0, 0.05) is 0 Å². The van der Waals surface area contributed by atoms with Crippen LogP contribution in [0.1, 0.15) is 45.5 Å². The van der Waals surface area contributed by atoms with E-state index in [1.54, 1.807) is 20.8 Å². The Labute approximate surface area is 107 Å². The Kier molecular flexibility index (Phi) is 4.06. The van der Waals surface area contributed by atoms with E-state index in [0.29, 0.717) is 0 Å². The number of ether oxygens (including phenoxy) is 1. The first kappa shape index (κ1) is 15.3. The maximum Gasteiger partial charge on any atom is 0.470 e. The second kappa shape index (κ2) is 5.06. The second-order valence-electron chi connectivity index (χ2n) is 4.81. The fourth-order valence-corrected chi connectivity index (χ4v) is 1.07. The number of amides is 1. The van der Waals surface area contributed by atoms with Crippen molar-refractivity contribution >= 4 is 6.09 Å². The summed E-state index contributed by atoms with van der Waals surface area (Å²) >= 11 is 0. The van der Waals surface area contributed by atoms with E-state index in [-0.39, 0.29) is 5.89 Å². The molecule has 1 amide bonds. The SMILES string of the molecule is CC(NC(=O)OC(C)(C)C)c1nnc(C(F)(F)F)o1. The van der Waals surface area contributed by atoms with Crippen molar-refractivity contribution in [1.29, 1.82) is 0 Å². The fraction of sp³-hybridized carbons (Fsp3) is 0.700. The molecule has 19 heavy (non-hydrogen) atoms. The van der Waals surface area contributed by atoms with E-state index in [4.69, 9.17) is 4.74 Å². The quantitative estimate of drug-likeness (QED) is 0.901. The second-order valence-corrected chi connectivity index (χ2v) is 4.81. The molecule has 1 aromatic rings. The molecule has 0 fully saturated rings. The summed E-state index contributed by atoms with van der Waals surface area (Å²) in [6, 6.07) is -0.890. The summed E-state index contributed by atoms with van der Waals surface area (Å²) in [5.41, 5.74) is -0.713. The summed E-state index contributed by atoms with van der Waals surface area (Å²) < 4.78 is 46.1. The van der Waals surface area contributed by atoms with Crippen LogP contribution >= 0.6 is 0 Å². The number of hydrogen-bond acceptors (Lipinski definition) is 5. The van der Waals surface area contributed by atoms with E-state index in [2.05, 4.69) is 19.9 Å². The van der Waals surface area contributed by atoms with Crippen molar-refractivity contribution < 1.29 is 27.1 Å². The number of alkyl halides is 3. The summed E-state index contributed by atoms with van der Waals surface area (Å²) in [7, 11) is 0. The Morgan fingerprint density at radius 3 is 2.32 bits per heavy atom. The lowest BCUT2D eigenvalue weighted by Gasteiger charge is -2.20. The number of halogens is 3. The average molecular weight is 281 g/mol. The number of carbonyl (C=O) groups is 1. The van der Waals surface area contributed by atoms with Crippen LogP contribution in [0.25, 0.3) is 0 Å². The van der Waals surface area contributed by atoms with Crippen LogP contribution in [0.15, 0.2) is 4.42 Å². The van der Waals surface area contributed by atoms with Crippen molar-refractivity contribution in [2.24, 2.45) is 0 Å². The molecular formula is C10H14F3N3O3. The van der Waals surface area contributed by atoms with Gasteiger partial charge in [-0.15, -0.1) is 10.2 Å². The predicted octanol–water partition coefficient (Wildman–Crippen LogP) is 2.67. The fourth-order valence-electron chi connectivity index (χ4n) is 1.07. The first-order valence-corrected chi connectivity index (χ1v) is 5.39. The van der Waals surface area contributed by atoms with Crippen LogP contribution in [0, 0.1) is 0 Å². The maximum absolute atomic E-state index is 12.2. The number of carbonyl (C=O) groups excluding carboxylic acids is 1. The van der Waals surface area contributed by atoms with E-state index in [9.17, 15) is 18.0 Å². The van der Waals surface area contributed by atoms with Crippen molar-refractivity contribution in [1.82, 2.24) is 15.5 Å². The first-order valence-electron chi connectivity index (χ1n) is 5.39. The molecule has 0 saturated heterocycles. The largest absolute Gasteiger partial charge is 0.470 e. The van der Waals surface area contributed by atoms with Crippen LogP contribution in [0.2, 0.25) is 0 Å². The zero-order valence-electron chi connectivity index (χ0n) is 10.8. The van der Waals surface area contributed by atoms with Gasteiger partial charge < -0.3 is 14.5 Å². The summed E-state index contributed by atoms with van der Waals surface area (Å²) in [5, 5.41) is 8.37. The van der Waals surface area contributed by atoms with Gasteiger partial charge in [-0.25, -0.2) is 4.79 Å². The Morgan fingerprint density at radius 1 is 1.32 bits per heavy atom. The van der Waals surface area contributed by atoms with Gasteiger partial charge in [-0.3, -0.25) is 0 Å². The molecule has 1 atom stereocenters. The minimum absolute atomic E-state index is 0.349. The average Bonchev–Trinajstić information content (AvgIpc) is 2.61. The smallest absolute Gasteiger partial charge is 0.444 e. The predicted molar refractivity (Wildman–Crippen MR) is 57.1 cm³/mol. The van der Waals surface area contributed by atoms with Crippen molar-refractivity contribution in [3.8, 4) is 0 Å². The number of aromatic nitrogens is 2. The third kappa shape index (κ3) is 4.76. The van der Waals surface area contributed by atoms with Gasteiger partial charge in [0.2, 0.25) is 5.89 Å². The van der Waals surface area contributed by atoms with E-state index >= 15 is 0 Å². The van der Waals surface area contributed by atoms with Crippen LogP contribution < -0.4 is 5.32 Å². The number of hydrogen-bond donors (Lipinski definition) is 1. The molecule has 6 nitrogen and oxygen atoms in total. The normalized spacial score (nSPS) is 14.1. The lowest BCUT2D eigenvalue weighted by atomic mass is 10.2. The summed E-state index contributed by atoms with van der Waals surface area (Å²) in [5.74, 6) is -1.81. The monoisotopic (exact) mass is 281 g/mol. The Morgan fingerprint density at radius 2 is 1.89 bits per heavy atom. The van der Waals surface area contributed by atoms with Crippen molar-refractivity contribution in [3.05, 3.63) is 11.8 Å². The highest BCUT2D eigenvalue weighted by atomic mass is 19.4. The standard InChI is InChI=1S/C10H14F3N3O3/c1-5(14-8(17)19-9(2,3)4)6-15-16-7(18-6)10(11,12)13/h5H,1-4H3,(H,14,17). The zero-order valence-corrected chi connectivity index (χ0v) is 10.8. The molecule has 1 rings (SSSR count). The number of rotatable bonds is 2. The van der Waals surface area contributed by atoms with Gasteiger partial charge in [0.15, 0.2) is 0 Å². The van der Waals surface area contributed by atoms with Crippen molar-refractivity contribution in [3.63, 3.8) is 0 Å². The molecule has 1 unspecified atom stereocenters. The van der Waals surface area contributed by atoms with Crippen LogP contribution in [-0.2, 0) is 10.9 Å². The molecule has 0 radical (unpaired) electrons. The summed E-state index contributed by atoms with van der Waals surface area (Å²) in [4.78, 5) is 11.4. The Balaban J connectivity index is 2.66. The molecule has 0 aliphatic carbocycles. The number of alkyl carbamates (subject to hydrolysis) is 1. The van der Waals surface area contributed by atoms with Gasteiger partial charge in [0.25, 0.3) is 0 Å². The minimum atomic E-state index is -4.71. The van der Waals surface area contributed by atoms with Gasteiger partial charge in [-0.1, -0.05) is 0 Å². The molecule has 0 saturated carbocycles.